The van der Waals surface area contributed by atoms with Crippen LogP contribution in [0, 0.1) is 11.8 Å². The second kappa shape index (κ2) is 30.8. The summed E-state index contributed by atoms with van der Waals surface area (Å²) in [6.07, 6.45) is -5.55. The van der Waals surface area contributed by atoms with Crippen molar-refractivity contribution < 1.29 is 87.4 Å². The number of hydrogen-bond acceptors (Lipinski definition) is 24. The van der Waals surface area contributed by atoms with E-state index in [1.807, 2.05) is 0 Å². The normalized spacial score (nSPS) is 33.5. The highest BCUT2D eigenvalue weighted by atomic mass is 35.5. The fourth-order valence-corrected chi connectivity index (χ4v) is 16.9. The van der Waals surface area contributed by atoms with E-state index in [0.717, 1.165) is 29.8 Å². The van der Waals surface area contributed by atoms with Gasteiger partial charge in [-0.3, -0.25) is 77.6 Å². The van der Waals surface area contributed by atoms with Crippen LogP contribution in [-0.4, -0.2) is 272 Å². The molecule has 0 saturated carbocycles. The number of anilines is 2. The molecule has 10 aliphatic rings. The predicted octanol–water partition coefficient (Wildman–Crippen LogP) is -3.97. The standard InChI is InChI=1S/C68H94Cl2N18O18/c1-29(2)49-63(101)87-45(15-11-19-73-87)59(97)85-43(13-9-17-71-85)55(93)75-41(27-105-7)53(91)81-51(31(5)89)61(99)83-47(57(95)79-49)25-67(103)35-21-33(37(69)23-39(35)77-65(67)83)34-22-36-40(24-38(34)70)78-66-68(36,104)26-48-58(96)80-50(30(3)4)64(102)88-46(16-12-20-74-88)60(98)86-44(14-10-18-72-86)56(94)76-42(28-106-8)54(92)82-52(32(6)90)62(100)84(48)66/h21-24,29-32,41-52,65-66,71-74,77-78,89-90,103-104H,9-20,25-28H2,1-8H3,(H,75,93)(H,76,94)(H,79,95)(H,80,96)(H,81,91)(H,82,92)/t31-,32-,41+,42+,43-,44-,45+,46+,47+,48+,49-,50-,51-,52-,65+,66+,67-,68-/m1/s1. The number of aliphatic hydroxyl groups is 4. The molecule has 0 bridgehead atoms. The number of halogens is 2. The Morgan fingerprint density at radius 1 is 0.415 bits per heavy atom. The Hall–Kier alpha value is -8.14. The van der Waals surface area contributed by atoms with Gasteiger partial charge >= 0.3 is 0 Å². The van der Waals surface area contributed by atoms with Gasteiger partial charge in [-0.25, -0.2) is 21.7 Å². The molecule has 16 N–H and O–H groups in total. The maximum Gasteiger partial charge on any atom is 0.261 e. The lowest BCUT2D eigenvalue weighted by molar-refractivity contribution is -0.161. The SMILES string of the molecule is COC[C@@H]1NC(=O)[C@H]2CCCNN2C(=O)[C@@H]2CCCNN2C(=O)[C@@H](C(C)C)NC(=O)[C@@H]2C[C@@]3(O)c4cc(-c5cc6c(cc5Cl)N[C@H]5N7C(=O)[C@@H]([C@@H](C)O)NC(=O)[C@H](COC)NC(=O)[C@H]8CCCNN8C(=O)[C@@H]8CCCNN8C(=O)[C@@H](C(C)C)NC(=O)[C@@H]7C[C@@]65O)c(Cl)cc4N[C@H]3N2C(=O)[C@@H]([C@@H](C)O)NC1=O. The highest BCUT2D eigenvalue weighted by molar-refractivity contribution is 6.37. The monoisotopic (exact) mass is 1520 g/mol. The van der Waals surface area contributed by atoms with Crippen LogP contribution < -0.4 is 64.2 Å². The smallest absolute Gasteiger partial charge is 0.261 e. The molecule has 0 unspecified atom stereocenters. The van der Waals surface area contributed by atoms with Crippen molar-refractivity contribution in [2.45, 2.75) is 214 Å². The van der Waals surface area contributed by atoms with Gasteiger partial charge in [0.1, 0.15) is 96.0 Å². The van der Waals surface area contributed by atoms with Crippen LogP contribution in [0.25, 0.3) is 11.1 Å². The molecule has 0 radical (unpaired) electrons. The number of nitrogens with one attached hydrogen (secondary N) is 12. The first kappa shape index (κ1) is 77.5. The van der Waals surface area contributed by atoms with Crippen LogP contribution in [0.4, 0.5) is 11.4 Å². The van der Waals surface area contributed by atoms with Crippen molar-refractivity contribution >= 4 is 105 Å². The number of ether oxygens (including phenoxy) is 2. The first-order valence-electron chi connectivity index (χ1n) is 36.1. The molecule has 8 fully saturated rings. The number of methoxy groups -OCH3 is 2. The number of benzene rings is 2. The molecule has 0 aromatic heterocycles. The lowest BCUT2D eigenvalue weighted by Gasteiger charge is -2.43. The quantitative estimate of drug-likeness (QED) is 0.114. The van der Waals surface area contributed by atoms with Gasteiger partial charge < -0.3 is 82.2 Å². The Bertz CT molecular complexity index is 3630. The maximum atomic E-state index is 15.6. The van der Waals surface area contributed by atoms with Gasteiger partial charge in [-0.05, 0) is 101 Å². The average molecular weight is 1520 g/mol. The molecule has 18 atom stereocenters. The van der Waals surface area contributed by atoms with E-state index in [9.17, 15) is 49.2 Å². The van der Waals surface area contributed by atoms with Crippen LogP contribution in [-0.2, 0) is 78.2 Å². The fourth-order valence-electron chi connectivity index (χ4n) is 16.3. The third-order valence-corrected chi connectivity index (χ3v) is 22.5. The van der Waals surface area contributed by atoms with Gasteiger partial charge in [-0.2, -0.15) is 0 Å². The van der Waals surface area contributed by atoms with Crippen LogP contribution in [0.5, 0.6) is 0 Å². The molecule has 0 spiro atoms. The van der Waals surface area contributed by atoms with Gasteiger partial charge in [0.15, 0.2) is 0 Å². The number of hydrogen-bond donors (Lipinski definition) is 16. The third kappa shape index (κ3) is 14.0. The van der Waals surface area contributed by atoms with Gasteiger partial charge in [0.2, 0.25) is 47.3 Å². The Kier molecular flexibility index (Phi) is 22.5. The second-order valence-electron chi connectivity index (χ2n) is 29.7. The summed E-state index contributed by atoms with van der Waals surface area (Å²) in [5, 5.41) is 76.7. The molecule has 2 aromatic carbocycles. The van der Waals surface area contributed by atoms with E-state index in [4.69, 9.17) is 32.7 Å². The maximum absolute atomic E-state index is 15.6. The molecule has 0 aliphatic carbocycles. The molecule has 106 heavy (non-hydrogen) atoms. The Labute approximate surface area is 620 Å². The highest BCUT2D eigenvalue weighted by Crippen LogP contribution is 2.55. The summed E-state index contributed by atoms with van der Waals surface area (Å²) in [5.74, 6) is -11.8. The van der Waals surface area contributed by atoms with Gasteiger partial charge in [-0.15, -0.1) is 0 Å². The molecule has 578 valence electrons. The average Bonchev–Trinajstić information content (AvgIpc) is 1.55. The largest absolute Gasteiger partial charge is 0.391 e. The van der Waals surface area contributed by atoms with Crippen molar-refractivity contribution in [3.63, 3.8) is 0 Å². The molecule has 10 heterocycles. The molecule has 12 amide bonds. The zero-order valence-electron chi connectivity index (χ0n) is 60.0. The number of hydrazine groups is 4. The second-order valence-corrected chi connectivity index (χ2v) is 30.5. The minimum Gasteiger partial charge on any atom is -0.391 e. The Morgan fingerprint density at radius 2 is 0.726 bits per heavy atom. The molecule has 8 saturated heterocycles. The minimum absolute atomic E-state index is 0.0299. The fraction of sp³-hybridized carbons (Fsp3) is 0.647. The predicted molar refractivity (Wildman–Crippen MR) is 375 cm³/mol. The van der Waals surface area contributed by atoms with Crippen LogP contribution in [0.3, 0.4) is 0 Å². The van der Waals surface area contributed by atoms with E-state index < -0.39 is 217 Å². The third-order valence-electron chi connectivity index (χ3n) is 21.9. The topological polar surface area (TPSA) is 468 Å². The number of carbonyl (C=O) groups excluding carboxylic acids is 12. The molecule has 38 heteroatoms. The molecule has 36 nitrogen and oxygen atoms in total. The summed E-state index contributed by atoms with van der Waals surface area (Å²) >= 11 is 14.5. The number of carbonyl (C=O) groups is 12. The van der Waals surface area contributed by atoms with Crippen LogP contribution in [0.15, 0.2) is 24.3 Å². The van der Waals surface area contributed by atoms with Crippen LogP contribution >= 0.6 is 23.2 Å². The summed E-state index contributed by atoms with van der Waals surface area (Å²) in [6.45, 7) is 9.20. The van der Waals surface area contributed by atoms with E-state index in [-0.39, 0.29) is 82.4 Å². The summed E-state index contributed by atoms with van der Waals surface area (Å²) in [5.41, 5.74) is 7.92. The molecule has 12 rings (SSSR count). The Balaban J connectivity index is 0.910. The van der Waals surface area contributed by atoms with Gasteiger partial charge in [0.25, 0.3) is 23.6 Å². The van der Waals surface area contributed by atoms with E-state index in [1.165, 1.54) is 52.3 Å². The zero-order valence-corrected chi connectivity index (χ0v) is 61.5. The first-order chi connectivity index (χ1) is 50.3. The number of amides is 12. The van der Waals surface area contributed by atoms with Crippen molar-refractivity contribution in [2.24, 2.45) is 11.8 Å². The lowest BCUT2D eigenvalue weighted by atomic mass is 9.86. The van der Waals surface area contributed by atoms with E-state index in [1.54, 1.807) is 27.7 Å². The number of nitrogens with zero attached hydrogens (tertiary/aromatic N) is 6. The summed E-state index contributed by atoms with van der Waals surface area (Å²) < 4.78 is 10.7. The molecular weight excluding hydrogens is 1430 g/mol. The van der Waals surface area contributed by atoms with Crippen molar-refractivity contribution in [3.05, 3.63) is 45.4 Å². The number of rotatable bonds is 9. The van der Waals surface area contributed by atoms with Crippen LogP contribution in [0.2, 0.25) is 10.0 Å². The number of aliphatic hydroxyl groups excluding tert-OH is 2. The van der Waals surface area contributed by atoms with E-state index in [2.05, 4.69) is 64.2 Å². The van der Waals surface area contributed by atoms with E-state index in [0.29, 0.717) is 38.8 Å². The summed E-state index contributed by atoms with van der Waals surface area (Å²) in [7, 11) is 2.53. The van der Waals surface area contributed by atoms with Crippen molar-refractivity contribution in [1.29, 1.82) is 0 Å². The van der Waals surface area contributed by atoms with Gasteiger partial charge in [0.05, 0.1) is 35.5 Å². The van der Waals surface area contributed by atoms with Crippen LogP contribution in [0.1, 0.15) is 117 Å². The first-order valence-corrected chi connectivity index (χ1v) is 36.8. The minimum atomic E-state index is -2.29. The highest BCUT2D eigenvalue weighted by Gasteiger charge is 2.64. The molecule has 2 aromatic rings. The summed E-state index contributed by atoms with van der Waals surface area (Å²) in [6, 6.07) is -12.2. The van der Waals surface area contributed by atoms with Gasteiger partial charge in [-0.1, -0.05) is 50.9 Å². The van der Waals surface area contributed by atoms with Crippen molar-refractivity contribution in [3.8, 4) is 11.1 Å². The van der Waals surface area contributed by atoms with Crippen molar-refractivity contribution in [1.82, 2.24) is 83.4 Å². The lowest BCUT2D eigenvalue weighted by Crippen LogP contribution is -2.69. The summed E-state index contributed by atoms with van der Waals surface area (Å²) in [4.78, 5) is 181. The van der Waals surface area contributed by atoms with Gasteiger partial charge in [0, 0.05) is 86.9 Å². The number of fused-ring (bicyclic) bond motifs is 14. The zero-order chi connectivity index (χ0) is 76.4. The van der Waals surface area contributed by atoms with Crippen molar-refractivity contribution in [2.75, 3.05) is 64.2 Å². The van der Waals surface area contributed by atoms with E-state index >= 15 is 28.8 Å². The molecular formula is C68H94Cl2N18O18. The Morgan fingerprint density at radius 3 is 1.05 bits per heavy atom. The molecule has 10 aliphatic heterocycles.